The molecule has 134 valence electrons. The maximum atomic E-state index is 9.90. The first kappa shape index (κ1) is 18.2. The van der Waals surface area contributed by atoms with E-state index in [4.69, 9.17) is 0 Å². The van der Waals surface area contributed by atoms with E-state index in [1.165, 1.54) is 21.6 Å². The van der Waals surface area contributed by atoms with Crippen molar-refractivity contribution in [1.82, 2.24) is 4.90 Å². The van der Waals surface area contributed by atoms with E-state index in [1.807, 2.05) is 0 Å². The minimum absolute atomic E-state index is 0.180. The summed E-state index contributed by atoms with van der Waals surface area (Å²) in [5.41, 5.74) is 2.45. The van der Waals surface area contributed by atoms with Gasteiger partial charge in [-0.3, -0.25) is 4.90 Å². The molecule has 0 amide bonds. The fraction of sp³-hybridized carbons (Fsp3) is 0.429. The molecule has 1 atom stereocenters. The molecular weight excluding hydrogens is 324 g/mol. The van der Waals surface area contributed by atoms with E-state index in [0.29, 0.717) is 0 Å². The topological polar surface area (TPSA) is 26.7 Å². The van der Waals surface area contributed by atoms with Gasteiger partial charge in [0.2, 0.25) is 0 Å². The molecule has 0 aromatic heterocycles. The van der Waals surface area contributed by atoms with Crippen molar-refractivity contribution in [3.8, 4) is 0 Å². The molecule has 0 bridgehead atoms. The molecule has 0 aliphatic carbocycles. The second-order valence-corrected chi connectivity index (χ2v) is 12.4. The van der Waals surface area contributed by atoms with Crippen LogP contribution < -0.4 is 15.3 Å². The zero-order valence-electron chi connectivity index (χ0n) is 16.1. The summed E-state index contributed by atoms with van der Waals surface area (Å²) in [4.78, 5) is 4.62. The molecule has 1 aliphatic rings. The molecule has 3 nitrogen and oxygen atoms in total. The van der Waals surface area contributed by atoms with Crippen LogP contribution in [0.5, 0.6) is 0 Å². The third-order valence-corrected chi connectivity index (χ3v) is 10.0. The Balaban J connectivity index is 2.08. The standard InChI is InChI=1S/C21H30N2OSi/c1-21(2,15-24)23-14-17-8-6-7-9-20(17)25(5,16-23)19-12-10-18(11-13-19)22(3)4/h6-13,24H,14-16H2,1-5H3. The van der Waals surface area contributed by atoms with Crippen LogP contribution in [0.3, 0.4) is 0 Å². The molecule has 4 heteroatoms. The number of hydrogen-bond donors (Lipinski definition) is 1. The van der Waals surface area contributed by atoms with E-state index >= 15 is 0 Å². The Labute approximate surface area is 152 Å². The van der Waals surface area contributed by atoms with Crippen molar-refractivity contribution in [2.24, 2.45) is 0 Å². The van der Waals surface area contributed by atoms with Crippen LogP contribution in [0.25, 0.3) is 0 Å². The number of benzene rings is 2. The second-order valence-electron chi connectivity index (χ2n) is 8.26. The van der Waals surface area contributed by atoms with Gasteiger partial charge in [-0.1, -0.05) is 48.1 Å². The maximum absolute atomic E-state index is 9.90. The minimum Gasteiger partial charge on any atom is -0.394 e. The van der Waals surface area contributed by atoms with E-state index in [1.54, 1.807) is 0 Å². The molecule has 0 saturated heterocycles. The van der Waals surface area contributed by atoms with Crippen molar-refractivity contribution in [2.45, 2.75) is 32.5 Å². The van der Waals surface area contributed by atoms with E-state index in [2.05, 4.69) is 92.8 Å². The van der Waals surface area contributed by atoms with Crippen molar-refractivity contribution in [3.63, 3.8) is 0 Å². The van der Waals surface area contributed by atoms with Crippen LogP contribution in [-0.2, 0) is 6.54 Å². The SMILES string of the molecule is CN(C)c1ccc([Si]2(C)CN(C(C)(C)CO)Cc3ccccc32)cc1. The van der Waals surface area contributed by atoms with Crippen LogP contribution in [0.4, 0.5) is 5.69 Å². The average Bonchev–Trinajstić information content (AvgIpc) is 2.61. The molecule has 3 rings (SSSR count). The number of aliphatic hydroxyl groups is 1. The maximum Gasteiger partial charge on any atom is 0.129 e. The van der Waals surface area contributed by atoms with Gasteiger partial charge in [-0.25, -0.2) is 0 Å². The second kappa shape index (κ2) is 6.59. The third kappa shape index (κ3) is 3.26. The summed E-state index contributed by atoms with van der Waals surface area (Å²) in [5, 5.41) is 12.9. The molecule has 0 radical (unpaired) electrons. The van der Waals surface area contributed by atoms with Crippen LogP contribution in [0.15, 0.2) is 48.5 Å². The van der Waals surface area contributed by atoms with Gasteiger partial charge in [0.25, 0.3) is 0 Å². The van der Waals surface area contributed by atoms with Crippen LogP contribution >= 0.6 is 0 Å². The smallest absolute Gasteiger partial charge is 0.129 e. The highest BCUT2D eigenvalue weighted by Crippen LogP contribution is 2.25. The van der Waals surface area contributed by atoms with Crippen LogP contribution in [0.1, 0.15) is 19.4 Å². The summed E-state index contributed by atoms with van der Waals surface area (Å²) in [6, 6.07) is 18.0. The third-order valence-electron chi connectivity index (χ3n) is 5.74. The average molecular weight is 355 g/mol. The monoisotopic (exact) mass is 354 g/mol. The summed E-state index contributed by atoms with van der Waals surface area (Å²) < 4.78 is 0. The quantitative estimate of drug-likeness (QED) is 0.852. The minimum atomic E-state index is -1.88. The first-order valence-corrected chi connectivity index (χ1v) is 11.7. The van der Waals surface area contributed by atoms with Crippen molar-refractivity contribution in [2.75, 3.05) is 31.8 Å². The number of rotatable bonds is 4. The highest BCUT2D eigenvalue weighted by atomic mass is 28.3. The first-order valence-electron chi connectivity index (χ1n) is 9.00. The van der Waals surface area contributed by atoms with Gasteiger partial charge in [-0.2, -0.15) is 0 Å². The Morgan fingerprint density at radius 2 is 1.72 bits per heavy atom. The zero-order valence-corrected chi connectivity index (χ0v) is 17.1. The van der Waals surface area contributed by atoms with E-state index in [0.717, 1.165) is 12.7 Å². The summed E-state index contributed by atoms with van der Waals surface area (Å²) in [7, 11) is 2.27. The normalized spacial score (nSPS) is 21.0. The van der Waals surface area contributed by atoms with Crippen molar-refractivity contribution < 1.29 is 5.11 Å². The van der Waals surface area contributed by atoms with E-state index < -0.39 is 8.07 Å². The molecule has 1 heterocycles. The van der Waals surface area contributed by atoms with Gasteiger partial charge in [0.15, 0.2) is 0 Å². The lowest BCUT2D eigenvalue weighted by atomic mass is 10.0. The highest BCUT2D eigenvalue weighted by molar-refractivity contribution is 7.02. The van der Waals surface area contributed by atoms with Gasteiger partial charge in [-0.05, 0) is 36.7 Å². The van der Waals surface area contributed by atoms with Gasteiger partial charge >= 0.3 is 0 Å². The number of fused-ring (bicyclic) bond motifs is 1. The van der Waals surface area contributed by atoms with Crippen LogP contribution in [0.2, 0.25) is 6.55 Å². The molecule has 2 aromatic rings. The van der Waals surface area contributed by atoms with Gasteiger partial charge in [0.1, 0.15) is 8.07 Å². The fourth-order valence-corrected chi connectivity index (χ4v) is 8.03. The molecule has 1 aliphatic heterocycles. The van der Waals surface area contributed by atoms with Crippen LogP contribution in [0, 0.1) is 0 Å². The summed E-state index contributed by atoms with van der Waals surface area (Å²) in [6.45, 7) is 7.85. The predicted molar refractivity (Wildman–Crippen MR) is 110 cm³/mol. The lowest BCUT2D eigenvalue weighted by Crippen LogP contribution is -2.69. The number of anilines is 1. The largest absolute Gasteiger partial charge is 0.394 e. The van der Waals surface area contributed by atoms with Gasteiger partial charge in [0, 0.05) is 38.0 Å². The van der Waals surface area contributed by atoms with E-state index in [-0.39, 0.29) is 12.1 Å². The van der Waals surface area contributed by atoms with Gasteiger partial charge in [-0.15, -0.1) is 0 Å². The van der Waals surface area contributed by atoms with Crippen molar-refractivity contribution >= 4 is 24.1 Å². The Kier molecular flexibility index (Phi) is 4.79. The van der Waals surface area contributed by atoms with Gasteiger partial charge in [0.05, 0.1) is 6.61 Å². The zero-order chi connectivity index (χ0) is 18.2. The van der Waals surface area contributed by atoms with Crippen molar-refractivity contribution in [3.05, 3.63) is 54.1 Å². The molecule has 0 spiro atoms. The Morgan fingerprint density at radius 3 is 2.32 bits per heavy atom. The molecule has 1 unspecified atom stereocenters. The summed E-state index contributed by atoms with van der Waals surface area (Å²) in [6.07, 6.45) is 1.04. The number of aliphatic hydroxyl groups excluding tert-OH is 1. The molecule has 1 N–H and O–H groups in total. The summed E-state index contributed by atoms with van der Waals surface area (Å²) in [5.74, 6) is 0. The Hall–Kier alpha value is -1.62. The lowest BCUT2D eigenvalue weighted by Gasteiger charge is -2.47. The van der Waals surface area contributed by atoms with Crippen molar-refractivity contribution in [1.29, 1.82) is 0 Å². The number of nitrogens with zero attached hydrogens (tertiary/aromatic N) is 2. The molecule has 0 fully saturated rings. The van der Waals surface area contributed by atoms with Gasteiger partial charge < -0.3 is 10.0 Å². The molecule has 2 aromatic carbocycles. The molecular formula is C21H30N2OSi. The Morgan fingerprint density at radius 1 is 1.08 bits per heavy atom. The van der Waals surface area contributed by atoms with Crippen LogP contribution in [-0.4, -0.2) is 50.5 Å². The summed E-state index contributed by atoms with van der Waals surface area (Å²) >= 11 is 0. The fourth-order valence-electron chi connectivity index (χ4n) is 3.83. The van der Waals surface area contributed by atoms with E-state index in [9.17, 15) is 5.11 Å². The highest BCUT2D eigenvalue weighted by Gasteiger charge is 2.43. The lowest BCUT2D eigenvalue weighted by molar-refractivity contribution is 0.0635. The Bertz CT molecular complexity index is 742. The molecule has 0 saturated carbocycles. The first-order chi connectivity index (χ1) is 11.8. The predicted octanol–water partition coefficient (Wildman–Crippen LogP) is 2.07. The molecule has 25 heavy (non-hydrogen) atoms. The number of hydrogen-bond acceptors (Lipinski definition) is 3.